The van der Waals surface area contributed by atoms with Gasteiger partial charge in [0.2, 0.25) is 0 Å². The Hall–Kier alpha value is -6.08. The van der Waals surface area contributed by atoms with Gasteiger partial charge in [-0.15, -0.1) is 22.7 Å². The molecular formula is C45H24FN3S2. The van der Waals surface area contributed by atoms with E-state index in [0.717, 1.165) is 69.2 Å². The molecule has 0 unspecified atom stereocenters. The minimum absolute atomic E-state index is 0.246. The van der Waals surface area contributed by atoms with E-state index >= 15 is 0 Å². The Morgan fingerprint density at radius 1 is 0.392 bits per heavy atom. The molecule has 0 aliphatic rings. The van der Waals surface area contributed by atoms with E-state index in [1.54, 1.807) is 23.5 Å². The molecule has 11 aromatic rings. The maximum absolute atomic E-state index is 14.6. The summed E-state index contributed by atoms with van der Waals surface area (Å²) in [6.45, 7) is 0. The van der Waals surface area contributed by atoms with Crippen LogP contribution in [0.2, 0.25) is 0 Å². The molecule has 51 heavy (non-hydrogen) atoms. The summed E-state index contributed by atoms with van der Waals surface area (Å²) in [5.74, 6) is 1.57. The number of halogens is 1. The first-order chi connectivity index (χ1) is 25.2. The van der Waals surface area contributed by atoms with Gasteiger partial charge in [0.25, 0.3) is 0 Å². The largest absolute Gasteiger partial charge is 0.208 e. The van der Waals surface area contributed by atoms with Crippen molar-refractivity contribution < 1.29 is 4.39 Å². The van der Waals surface area contributed by atoms with Gasteiger partial charge >= 0.3 is 0 Å². The molecule has 0 saturated carbocycles. The quantitative estimate of drug-likeness (QED) is 0.185. The Labute approximate surface area is 298 Å². The van der Waals surface area contributed by atoms with Crippen molar-refractivity contribution in [2.45, 2.75) is 0 Å². The van der Waals surface area contributed by atoms with Crippen molar-refractivity contribution in [1.29, 1.82) is 0 Å². The average Bonchev–Trinajstić information content (AvgIpc) is 3.76. The summed E-state index contributed by atoms with van der Waals surface area (Å²) < 4.78 is 19.0. The van der Waals surface area contributed by atoms with Crippen molar-refractivity contribution in [2.75, 3.05) is 0 Å². The smallest absolute Gasteiger partial charge is 0.164 e. The molecule has 0 aliphatic heterocycles. The molecular weight excluding hydrogens is 666 g/mol. The summed E-state index contributed by atoms with van der Waals surface area (Å²) in [5, 5.41) is 11.2. The van der Waals surface area contributed by atoms with Gasteiger partial charge in [-0.3, -0.25) is 0 Å². The fourth-order valence-electron chi connectivity index (χ4n) is 7.57. The number of rotatable bonds is 3. The average molecular weight is 690 g/mol. The highest BCUT2D eigenvalue weighted by Gasteiger charge is 2.22. The zero-order valence-corrected chi connectivity index (χ0v) is 28.5. The molecule has 0 saturated heterocycles. The molecule has 0 bridgehead atoms. The van der Waals surface area contributed by atoms with E-state index in [1.165, 1.54) is 20.2 Å². The van der Waals surface area contributed by atoms with Gasteiger partial charge in [-0.2, -0.15) is 0 Å². The molecule has 0 aliphatic carbocycles. The van der Waals surface area contributed by atoms with Crippen LogP contribution in [0.4, 0.5) is 4.39 Å². The molecule has 0 amide bonds. The number of hydrogen-bond acceptors (Lipinski definition) is 5. The van der Waals surface area contributed by atoms with Crippen molar-refractivity contribution in [1.82, 2.24) is 15.0 Å². The second-order valence-electron chi connectivity index (χ2n) is 12.9. The monoisotopic (exact) mass is 689 g/mol. The van der Waals surface area contributed by atoms with Crippen LogP contribution in [0.25, 0.3) is 107 Å². The standard InChI is InChI=1S/C45H24FN3S2/c46-30-19-20-34-38(24-30)51-42-32-14-6-4-12-28(32)23-36(40(34)42)45-48-43(29-18-17-25-9-1-2-10-26(25)21-29)47-44(49-45)35-22-27-11-3-5-13-31(27)41-39(35)33-15-7-8-16-37(33)50-41/h1-24H. The van der Waals surface area contributed by atoms with Crippen LogP contribution in [0.1, 0.15) is 0 Å². The number of aromatic nitrogens is 3. The molecule has 238 valence electrons. The highest BCUT2D eigenvalue weighted by Crippen LogP contribution is 2.46. The van der Waals surface area contributed by atoms with E-state index in [0.29, 0.717) is 17.5 Å². The Bertz CT molecular complexity index is 3230. The number of nitrogens with zero attached hydrogens (tertiary/aromatic N) is 3. The third-order valence-corrected chi connectivity index (χ3v) is 12.3. The van der Waals surface area contributed by atoms with Crippen molar-refractivity contribution >= 4 is 95.3 Å². The Kier molecular flexibility index (Phi) is 6.17. The van der Waals surface area contributed by atoms with Crippen LogP contribution in [0.3, 0.4) is 0 Å². The number of hydrogen-bond donors (Lipinski definition) is 0. The lowest BCUT2D eigenvalue weighted by Crippen LogP contribution is -2.01. The first-order valence-electron chi connectivity index (χ1n) is 16.8. The summed E-state index contributed by atoms with van der Waals surface area (Å²) in [4.78, 5) is 15.9. The van der Waals surface area contributed by atoms with Gasteiger partial charge in [-0.05, 0) is 74.8 Å². The Morgan fingerprint density at radius 3 is 1.61 bits per heavy atom. The molecule has 6 heteroatoms. The van der Waals surface area contributed by atoms with Crippen LogP contribution in [0.15, 0.2) is 146 Å². The SMILES string of the molecule is Fc1ccc2c(c1)sc1c3ccccc3cc(-c3nc(-c4ccc5ccccc5c4)nc(-c4cc5ccccc5c5sc6ccccc6c45)n3)c21. The van der Waals surface area contributed by atoms with E-state index in [-0.39, 0.29) is 5.82 Å². The first-order valence-corrected chi connectivity index (χ1v) is 18.4. The van der Waals surface area contributed by atoms with Gasteiger partial charge in [-0.1, -0.05) is 103 Å². The second kappa shape index (κ2) is 11.0. The molecule has 0 spiro atoms. The van der Waals surface area contributed by atoms with Crippen LogP contribution in [0, 0.1) is 5.82 Å². The normalized spacial score (nSPS) is 12.0. The van der Waals surface area contributed by atoms with E-state index in [1.807, 2.05) is 17.4 Å². The van der Waals surface area contributed by atoms with Gasteiger partial charge in [-0.25, -0.2) is 19.3 Å². The van der Waals surface area contributed by atoms with Crippen LogP contribution < -0.4 is 0 Å². The van der Waals surface area contributed by atoms with Crippen molar-refractivity contribution in [3.05, 3.63) is 151 Å². The highest BCUT2D eigenvalue weighted by molar-refractivity contribution is 7.27. The maximum Gasteiger partial charge on any atom is 0.164 e. The summed E-state index contributed by atoms with van der Waals surface area (Å²) in [6.07, 6.45) is 0. The Morgan fingerprint density at radius 2 is 0.922 bits per heavy atom. The second-order valence-corrected chi connectivity index (χ2v) is 15.0. The van der Waals surface area contributed by atoms with Crippen LogP contribution in [-0.4, -0.2) is 15.0 Å². The first kappa shape index (κ1) is 28.7. The van der Waals surface area contributed by atoms with Gasteiger partial charge in [0.1, 0.15) is 5.82 Å². The number of fused-ring (bicyclic) bond motifs is 11. The van der Waals surface area contributed by atoms with Crippen molar-refractivity contribution in [3.8, 4) is 34.2 Å². The van der Waals surface area contributed by atoms with Gasteiger partial charge in [0, 0.05) is 57.0 Å². The van der Waals surface area contributed by atoms with E-state index in [2.05, 4.69) is 127 Å². The van der Waals surface area contributed by atoms with Crippen LogP contribution >= 0.6 is 22.7 Å². The van der Waals surface area contributed by atoms with E-state index < -0.39 is 0 Å². The number of thiophene rings is 2. The summed E-state index contributed by atoms with van der Waals surface area (Å²) in [5.41, 5.74) is 2.79. The fourth-order valence-corrected chi connectivity index (χ4v) is 10.1. The molecule has 0 radical (unpaired) electrons. The molecule has 0 fully saturated rings. The van der Waals surface area contributed by atoms with Crippen LogP contribution in [0.5, 0.6) is 0 Å². The van der Waals surface area contributed by atoms with Gasteiger partial charge in [0.05, 0.1) is 0 Å². The molecule has 3 nitrogen and oxygen atoms in total. The maximum atomic E-state index is 14.6. The van der Waals surface area contributed by atoms with Crippen molar-refractivity contribution in [3.63, 3.8) is 0 Å². The zero-order valence-electron chi connectivity index (χ0n) is 26.9. The highest BCUT2D eigenvalue weighted by atomic mass is 32.1. The molecule has 3 aromatic heterocycles. The third kappa shape index (κ3) is 4.43. The Balaban J connectivity index is 1.28. The van der Waals surface area contributed by atoms with E-state index in [9.17, 15) is 4.39 Å². The van der Waals surface area contributed by atoms with E-state index in [4.69, 9.17) is 15.0 Å². The summed E-state index contributed by atoms with van der Waals surface area (Å²) in [7, 11) is 0. The topological polar surface area (TPSA) is 38.7 Å². The summed E-state index contributed by atoms with van der Waals surface area (Å²) in [6, 6.07) is 49.7. The van der Waals surface area contributed by atoms with Gasteiger partial charge in [0.15, 0.2) is 17.5 Å². The lowest BCUT2D eigenvalue weighted by Gasteiger charge is -2.13. The predicted octanol–water partition coefficient (Wildman–Crippen LogP) is 13.2. The van der Waals surface area contributed by atoms with Gasteiger partial charge < -0.3 is 0 Å². The molecule has 8 aromatic carbocycles. The lowest BCUT2D eigenvalue weighted by atomic mass is 9.98. The predicted molar refractivity (Wildman–Crippen MR) is 214 cm³/mol. The molecule has 0 N–H and O–H groups in total. The zero-order chi connectivity index (χ0) is 33.6. The molecule has 11 rings (SSSR count). The number of benzene rings is 8. The lowest BCUT2D eigenvalue weighted by molar-refractivity contribution is 0.630. The minimum atomic E-state index is -0.246. The summed E-state index contributed by atoms with van der Waals surface area (Å²) >= 11 is 3.42. The third-order valence-electron chi connectivity index (χ3n) is 9.92. The van der Waals surface area contributed by atoms with Crippen molar-refractivity contribution in [2.24, 2.45) is 0 Å². The minimum Gasteiger partial charge on any atom is -0.208 e. The van der Waals surface area contributed by atoms with Crippen LogP contribution in [-0.2, 0) is 0 Å². The fraction of sp³-hybridized carbons (Fsp3) is 0. The molecule has 3 heterocycles. The molecule has 0 atom stereocenters.